The molecule has 0 heterocycles. The quantitative estimate of drug-likeness (QED) is 0.232. The summed E-state index contributed by atoms with van der Waals surface area (Å²) in [6, 6.07) is 0. The second-order valence-corrected chi connectivity index (χ2v) is 8.85. The Morgan fingerprint density at radius 1 is 1.17 bits per heavy atom. The molecule has 0 aromatic heterocycles. The molecule has 0 aliphatic heterocycles. The minimum absolute atomic E-state index is 0.00660. The fraction of sp³-hybridized carbons (Fsp3) is 0.714. The lowest BCUT2D eigenvalue weighted by Crippen LogP contribution is -2.29. The molecule has 0 saturated heterocycles. The Balaban J connectivity index is 3.63. The van der Waals surface area contributed by atoms with E-state index < -0.39 is 4.93 Å². The van der Waals surface area contributed by atoms with Gasteiger partial charge in [-0.2, -0.15) is 0 Å². The Labute approximate surface area is 160 Å². The van der Waals surface area contributed by atoms with Crippen LogP contribution in [0.2, 0.25) is 0 Å². The van der Waals surface area contributed by atoms with Crippen LogP contribution in [-0.4, -0.2) is 60.8 Å². The van der Waals surface area contributed by atoms with Gasteiger partial charge in [0, 0.05) is 0 Å². The largest absolute Gasteiger partial charge is 0.369 e. The van der Waals surface area contributed by atoms with E-state index in [1.807, 2.05) is 20.1 Å². The number of hydrogen-bond donors (Lipinski definition) is 2. The zero-order chi connectivity index (χ0) is 18.3. The zero-order valence-electron chi connectivity index (χ0n) is 14.3. The fourth-order valence-electron chi connectivity index (χ4n) is 1.17. The first kappa shape index (κ1) is 23.8. The van der Waals surface area contributed by atoms with Gasteiger partial charge in [0.05, 0.1) is 25.6 Å². The lowest BCUT2D eigenvalue weighted by atomic mass is 10.5. The minimum Gasteiger partial charge on any atom is -0.369 e. The second-order valence-electron chi connectivity index (χ2n) is 4.57. The van der Waals surface area contributed by atoms with E-state index >= 15 is 0 Å². The summed E-state index contributed by atoms with van der Waals surface area (Å²) in [5.74, 6) is 3.12. The molecule has 0 fully saturated rings. The molecule has 0 bridgehead atoms. The molecular weight excluding hydrogens is 388 g/mol. The highest BCUT2D eigenvalue weighted by molar-refractivity contribution is 8.77. The summed E-state index contributed by atoms with van der Waals surface area (Å²) in [6.07, 6.45) is 3.61. The number of hydrogen-bond acceptors (Lipinski definition) is 8. The molecule has 0 aromatic rings. The zero-order valence-corrected chi connectivity index (χ0v) is 17.6. The van der Waals surface area contributed by atoms with Gasteiger partial charge in [0.15, 0.2) is 0 Å². The van der Waals surface area contributed by atoms with Crippen LogP contribution in [0.25, 0.3) is 0 Å². The van der Waals surface area contributed by atoms with Crippen LogP contribution in [0.15, 0.2) is 0 Å². The van der Waals surface area contributed by atoms with E-state index in [2.05, 4.69) is 21.8 Å². The Morgan fingerprint density at radius 2 is 1.92 bits per heavy atom. The lowest BCUT2D eigenvalue weighted by Gasteiger charge is -2.23. The number of thioether (sulfide) groups is 2. The van der Waals surface area contributed by atoms with Gasteiger partial charge in [-0.25, -0.2) is 0 Å². The molecule has 0 radical (unpaired) electrons. The summed E-state index contributed by atoms with van der Waals surface area (Å²) in [4.78, 5) is 22.1. The number of nitrogens with one attached hydrogen (secondary N) is 2. The molecule has 138 valence electrons. The summed E-state index contributed by atoms with van der Waals surface area (Å²) >= 11 is 2.55. The highest BCUT2D eigenvalue weighted by atomic mass is 33.1. The second kappa shape index (κ2) is 15.1. The van der Waals surface area contributed by atoms with Crippen LogP contribution in [0.4, 0.5) is 4.79 Å². The molecule has 0 aliphatic rings. The first-order valence-electron chi connectivity index (χ1n) is 7.03. The van der Waals surface area contributed by atoms with E-state index in [0.717, 1.165) is 11.8 Å². The summed E-state index contributed by atoms with van der Waals surface area (Å²) in [7, 11) is 3.04. The molecule has 0 aromatic carbocycles. The molecule has 0 spiro atoms. The van der Waals surface area contributed by atoms with E-state index in [4.69, 9.17) is 9.47 Å². The molecular formula is C14H24N2O4S4. The number of carbonyl (C=O) groups excluding carboxylic acids is 2. The van der Waals surface area contributed by atoms with Gasteiger partial charge in [-0.3, -0.25) is 9.59 Å². The monoisotopic (exact) mass is 412 g/mol. The van der Waals surface area contributed by atoms with E-state index in [-0.39, 0.29) is 17.8 Å². The van der Waals surface area contributed by atoms with Crippen molar-refractivity contribution in [2.45, 2.75) is 18.8 Å². The van der Waals surface area contributed by atoms with Gasteiger partial charge >= 0.3 is 0 Å². The van der Waals surface area contributed by atoms with E-state index in [1.54, 1.807) is 6.26 Å². The fourth-order valence-corrected chi connectivity index (χ4v) is 3.71. The predicted molar refractivity (Wildman–Crippen MR) is 107 cm³/mol. The molecule has 0 saturated carbocycles. The van der Waals surface area contributed by atoms with Crippen LogP contribution in [0.1, 0.15) is 13.8 Å². The van der Waals surface area contributed by atoms with Gasteiger partial charge < -0.3 is 20.1 Å². The van der Waals surface area contributed by atoms with Crippen LogP contribution in [0, 0.1) is 11.2 Å². The standard InChI is InChI=1S/C14H24N2O4S4/c1-14(2,24-23-11-16-13(18)22-4)20-8-7-19-10-12(17)15-6-5-9-21-3/h6-8,10-11H2,1-4H3,(H,15,17)(H,16,18). The Bertz CT molecular complexity index is 438. The summed E-state index contributed by atoms with van der Waals surface area (Å²) in [5, 5.41) is 8.13. The van der Waals surface area contributed by atoms with Crippen molar-refractivity contribution in [1.82, 2.24) is 10.6 Å². The highest BCUT2D eigenvalue weighted by Gasteiger charge is 2.19. The molecule has 2 N–H and O–H groups in total. The molecule has 24 heavy (non-hydrogen) atoms. The van der Waals surface area contributed by atoms with Gasteiger partial charge in [-0.15, -0.1) is 0 Å². The number of carbonyl (C=O) groups is 2. The first-order valence-corrected chi connectivity index (χ1v) is 11.8. The van der Waals surface area contributed by atoms with Crippen molar-refractivity contribution in [3.05, 3.63) is 0 Å². The maximum atomic E-state index is 11.4. The van der Waals surface area contributed by atoms with Crippen molar-refractivity contribution < 1.29 is 19.1 Å². The van der Waals surface area contributed by atoms with Crippen molar-refractivity contribution in [1.29, 1.82) is 0 Å². The summed E-state index contributed by atoms with van der Waals surface area (Å²) in [6.45, 7) is 4.93. The third kappa shape index (κ3) is 15.4. The molecule has 0 atom stereocenters. The number of rotatable bonds is 11. The molecule has 2 amide bonds. The Kier molecular flexibility index (Phi) is 15.0. The molecule has 0 aliphatic carbocycles. The first-order chi connectivity index (χ1) is 11.4. The average Bonchev–Trinajstić information content (AvgIpc) is 2.55. The minimum atomic E-state index is -0.409. The number of amides is 2. The highest BCUT2D eigenvalue weighted by Crippen LogP contribution is 2.35. The van der Waals surface area contributed by atoms with E-state index in [0.29, 0.717) is 25.6 Å². The van der Waals surface area contributed by atoms with Gasteiger partial charge in [0.1, 0.15) is 11.5 Å². The van der Waals surface area contributed by atoms with Crippen LogP contribution >= 0.6 is 45.1 Å². The molecule has 0 rings (SSSR count). The summed E-state index contributed by atoms with van der Waals surface area (Å²) in [5.41, 5.74) is 0. The maximum Gasteiger partial charge on any atom is 0.279 e. The van der Waals surface area contributed by atoms with Crippen LogP contribution in [0.5, 0.6) is 0 Å². The molecule has 10 heteroatoms. The van der Waals surface area contributed by atoms with E-state index in [9.17, 15) is 9.59 Å². The molecule has 6 nitrogen and oxygen atoms in total. The molecule has 0 unspecified atom stereocenters. The van der Waals surface area contributed by atoms with Crippen molar-refractivity contribution in [3.8, 4) is 11.2 Å². The third-order valence-electron chi connectivity index (χ3n) is 2.18. The third-order valence-corrected chi connectivity index (χ3v) is 5.85. The van der Waals surface area contributed by atoms with Crippen LogP contribution in [0.3, 0.4) is 0 Å². The predicted octanol–water partition coefficient (Wildman–Crippen LogP) is 2.61. The smallest absolute Gasteiger partial charge is 0.279 e. The summed E-state index contributed by atoms with van der Waals surface area (Å²) < 4.78 is 11.0. The normalized spacial score (nSPS) is 10.7. The van der Waals surface area contributed by atoms with Gasteiger partial charge in [0.25, 0.3) is 5.24 Å². The Morgan fingerprint density at radius 3 is 2.58 bits per heavy atom. The van der Waals surface area contributed by atoms with Crippen LogP contribution in [-0.2, 0) is 14.3 Å². The van der Waals surface area contributed by atoms with Gasteiger partial charge in [-0.1, -0.05) is 51.0 Å². The van der Waals surface area contributed by atoms with Gasteiger partial charge in [-0.05, 0) is 31.6 Å². The van der Waals surface area contributed by atoms with Crippen molar-refractivity contribution in [3.63, 3.8) is 0 Å². The SMILES string of the molecule is CSC#CCNC(=O)COCCOC(C)(C)SSCNC(=O)SC. The van der Waals surface area contributed by atoms with Crippen molar-refractivity contribution >= 4 is 56.3 Å². The van der Waals surface area contributed by atoms with E-state index in [1.165, 1.54) is 33.3 Å². The van der Waals surface area contributed by atoms with Crippen LogP contribution < -0.4 is 10.6 Å². The maximum absolute atomic E-state index is 11.4. The average molecular weight is 413 g/mol. The van der Waals surface area contributed by atoms with Crippen molar-refractivity contribution in [2.24, 2.45) is 0 Å². The topological polar surface area (TPSA) is 76.7 Å². The lowest BCUT2D eigenvalue weighted by molar-refractivity contribution is -0.126. The number of ether oxygens (including phenoxy) is 2. The Hall–Kier alpha value is -0.180. The van der Waals surface area contributed by atoms with Gasteiger partial charge in [0.2, 0.25) is 5.91 Å². The van der Waals surface area contributed by atoms with Crippen molar-refractivity contribution in [2.75, 3.05) is 44.8 Å².